The molecule has 5 aromatic carbocycles. The smallest absolute Gasteiger partial charge is 0.164 e. The van der Waals surface area contributed by atoms with Gasteiger partial charge in [-0.25, -0.2) is 15.0 Å². The number of rotatable bonds is 5. The van der Waals surface area contributed by atoms with Gasteiger partial charge in [0, 0.05) is 22.1 Å². The predicted molar refractivity (Wildman–Crippen MR) is 184 cm³/mol. The number of nitrogens with zero attached hydrogens (tertiary/aromatic N) is 4. The lowest BCUT2D eigenvalue weighted by Crippen LogP contribution is -2.48. The van der Waals surface area contributed by atoms with Crippen LogP contribution in [0, 0.1) is 29.1 Å². The summed E-state index contributed by atoms with van der Waals surface area (Å²) in [5, 5.41) is 11.6. The molecule has 10 rings (SSSR count). The summed E-state index contributed by atoms with van der Waals surface area (Å²) in [4.78, 5) is 15.2. The van der Waals surface area contributed by atoms with Crippen molar-refractivity contribution < 1.29 is 0 Å². The van der Waals surface area contributed by atoms with Gasteiger partial charge in [0.05, 0.1) is 11.6 Å². The monoisotopic (exact) mass is 594 g/mol. The molecule has 0 aliphatic heterocycles. The van der Waals surface area contributed by atoms with Crippen LogP contribution in [-0.2, 0) is 5.41 Å². The van der Waals surface area contributed by atoms with Crippen molar-refractivity contribution in [2.24, 2.45) is 17.8 Å². The second-order valence-corrected chi connectivity index (χ2v) is 13.8. The van der Waals surface area contributed by atoms with Gasteiger partial charge in [-0.1, -0.05) is 103 Å². The molecule has 0 N–H and O–H groups in total. The highest BCUT2D eigenvalue weighted by atomic mass is 15.0. The third-order valence-electron chi connectivity index (χ3n) is 11.0. The van der Waals surface area contributed by atoms with E-state index in [-0.39, 0.29) is 0 Å². The van der Waals surface area contributed by atoms with E-state index in [4.69, 9.17) is 15.0 Å². The second-order valence-electron chi connectivity index (χ2n) is 13.8. The van der Waals surface area contributed by atoms with Crippen LogP contribution >= 0.6 is 0 Å². The normalized spacial score (nSPS) is 23.0. The van der Waals surface area contributed by atoms with Crippen LogP contribution in [0.2, 0.25) is 0 Å². The van der Waals surface area contributed by atoms with Crippen molar-refractivity contribution in [3.63, 3.8) is 0 Å². The Balaban J connectivity index is 1.16. The lowest BCUT2D eigenvalue weighted by Gasteiger charge is -2.57. The van der Waals surface area contributed by atoms with Gasteiger partial charge in [0.2, 0.25) is 0 Å². The third kappa shape index (κ3) is 4.53. The Hall–Kier alpha value is -5.14. The predicted octanol–water partition coefficient (Wildman–Crippen LogP) is 10.0. The molecule has 4 fully saturated rings. The van der Waals surface area contributed by atoms with E-state index < -0.39 is 0 Å². The van der Waals surface area contributed by atoms with Crippen molar-refractivity contribution in [3.05, 3.63) is 126 Å². The summed E-state index contributed by atoms with van der Waals surface area (Å²) >= 11 is 0. The molecule has 4 aliphatic rings. The molecule has 46 heavy (non-hydrogen) atoms. The lowest BCUT2D eigenvalue weighted by molar-refractivity contribution is -0.00518. The minimum absolute atomic E-state index is 0.379. The summed E-state index contributed by atoms with van der Waals surface area (Å²) < 4.78 is 0. The maximum Gasteiger partial charge on any atom is 0.164 e. The van der Waals surface area contributed by atoms with E-state index in [1.807, 2.05) is 66.7 Å². The third-order valence-corrected chi connectivity index (χ3v) is 11.0. The summed E-state index contributed by atoms with van der Waals surface area (Å²) in [5.74, 6) is 4.64. The van der Waals surface area contributed by atoms with Crippen LogP contribution in [-0.4, -0.2) is 15.0 Å². The van der Waals surface area contributed by atoms with Gasteiger partial charge in [0.25, 0.3) is 0 Å². The highest BCUT2D eigenvalue weighted by molar-refractivity contribution is 5.98. The van der Waals surface area contributed by atoms with Crippen LogP contribution in [0.4, 0.5) is 0 Å². The van der Waals surface area contributed by atoms with Crippen molar-refractivity contribution in [1.29, 1.82) is 5.26 Å². The number of hydrogen-bond acceptors (Lipinski definition) is 4. The Labute approximate surface area is 269 Å². The summed E-state index contributed by atoms with van der Waals surface area (Å²) in [6.07, 6.45) is 8.49. The van der Waals surface area contributed by atoms with E-state index in [0.29, 0.717) is 28.5 Å². The molecule has 1 aromatic heterocycles. The molecule has 6 aromatic rings. The number of hydrogen-bond donors (Lipinski definition) is 0. The zero-order valence-electron chi connectivity index (χ0n) is 25.7. The Morgan fingerprint density at radius 2 is 1.07 bits per heavy atom. The zero-order valence-corrected chi connectivity index (χ0v) is 25.7. The molecule has 0 amide bonds. The molecular weight excluding hydrogens is 560 g/mol. The molecule has 0 atom stereocenters. The minimum Gasteiger partial charge on any atom is -0.208 e. The van der Waals surface area contributed by atoms with Crippen molar-refractivity contribution >= 4 is 10.8 Å². The summed E-state index contributed by atoms with van der Waals surface area (Å²) in [6, 6.07) is 42.2. The van der Waals surface area contributed by atoms with E-state index >= 15 is 0 Å². The molecule has 4 saturated carbocycles. The van der Waals surface area contributed by atoms with Crippen LogP contribution in [0.25, 0.3) is 56.1 Å². The maximum absolute atomic E-state index is 9.78. The molecule has 0 unspecified atom stereocenters. The van der Waals surface area contributed by atoms with Crippen molar-refractivity contribution in [2.75, 3.05) is 0 Å². The SMILES string of the molecule is N#Cc1ccc(-c2nc(-c3ccccc3)nc(-c3ccccc3-c3ccc(C45CC6CC(CC(C6)C4)C5)cc3)n2)c2ccccc12. The number of fused-ring (bicyclic) bond motifs is 1. The van der Waals surface area contributed by atoms with Crippen molar-refractivity contribution in [2.45, 2.75) is 43.9 Å². The lowest BCUT2D eigenvalue weighted by atomic mass is 9.48. The van der Waals surface area contributed by atoms with E-state index in [1.54, 1.807) is 0 Å². The Morgan fingerprint density at radius 3 is 1.74 bits per heavy atom. The number of aromatic nitrogens is 3. The van der Waals surface area contributed by atoms with Gasteiger partial charge < -0.3 is 0 Å². The van der Waals surface area contributed by atoms with E-state index in [0.717, 1.165) is 50.8 Å². The molecule has 4 nitrogen and oxygen atoms in total. The fraction of sp³-hybridized carbons (Fsp3) is 0.238. The number of benzene rings is 5. The molecular formula is C42H34N4. The number of nitriles is 1. The van der Waals surface area contributed by atoms with Gasteiger partial charge in [-0.2, -0.15) is 5.26 Å². The fourth-order valence-electron chi connectivity index (χ4n) is 9.32. The Kier molecular flexibility index (Phi) is 6.35. The quantitative estimate of drug-likeness (QED) is 0.199. The first-order valence-corrected chi connectivity index (χ1v) is 16.6. The zero-order chi connectivity index (χ0) is 30.7. The van der Waals surface area contributed by atoms with Gasteiger partial charge in [0.15, 0.2) is 17.5 Å². The molecule has 4 aliphatic carbocycles. The Bertz CT molecular complexity index is 2110. The summed E-state index contributed by atoms with van der Waals surface area (Å²) in [5.41, 5.74) is 7.63. The molecule has 0 spiro atoms. The Morgan fingerprint density at radius 1 is 0.500 bits per heavy atom. The van der Waals surface area contributed by atoms with E-state index in [9.17, 15) is 5.26 Å². The van der Waals surface area contributed by atoms with Gasteiger partial charge >= 0.3 is 0 Å². The molecule has 1 heterocycles. The van der Waals surface area contributed by atoms with Crippen LogP contribution in [0.5, 0.6) is 0 Å². The molecule has 4 bridgehead atoms. The summed E-state index contributed by atoms with van der Waals surface area (Å²) in [7, 11) is 0. The first-order valence-electron chi connectivity index (χ1n) is 16.6. The maximum atomic E-state index is 9.78. The van der Waals surface area contributed by atoms with Gasteiger partial charge in [0.1, 0.15) is 0 Å². The van der Waals surface area contributed by atoms with Crippen molar-refractivity contribution in [1.82, 2.24) is 15.0 Å². The van der Waals surface area contributed by atoms with E-state index in [1.165, 1.54) is 49.7 Å². The average molecular weight is 595 g/mol. The van der Waals surface area contributed by atoms with Crippen LogP contribution in [0.1, 0.15) is 49.7 Å². The first-order chi connectivity index (χ1) is 22.7. The average Bonchev–Trinajstić information content (AvgIpc) is 3.11. The van der Waals surface area contributed by atoms with Gasteiger partial charge in [-0.15, -0.1) is 0 Å². The topological polar surface area (TPSA) is 62.5 Å². The molecule has 222 valence electrons. The second kappa shape index (κ2) is 10.7. The van der Waals surface area contributed by atoms with Gasteiger partial charge in [-0.05, 0) is 95.9 Å². The fourth-order valence-corrected chi connectivity index (χ4v) is 9.32. The van der Waals surface area contributed by atoms with Crippen LogP contribution in [0.15, 0.2) is 115 Å². The summed E-state index contributed by atoms with van der Waals surface area (Å²) in [6.45, 7) is 0. The van der Waals surface area contributed by atoms with E-state index in [2.05, 4.69) is 54.6 Å². The van der Waals surface area contributed by atoms with Crippen LogP contribution in [0.3, 0.4) is 0 Å². The first kappa shape index (κ1) is 27.2. The molecule has 0 radical (unpaired) electrons. The minimum atomic E-state index is 0.379. The van der Waals surface area contributed by atoms with Gasteiger partial charge in [-0.3, -0.25) is 0 Å². The molecule has 0 saturated heterocycles. The molecule has 4 heteroatoms. The van der Waals surface area contributed by atoms with Crippen LogP contribution < -0.4 is 0 Å². The van der Waals surface area contributed by atoms with Crippen molar-refractivity contribution in [3.8, 4) is 51.4 Å². The highest BCUT2D eigenvalue weighted by Crippen LogP contribution is 2.60. The standard InChI is InChI=1S/C42H34N4/c43-26-32-16-19-38(36-12-6-4-11-35(32)36)41-45-39(31-8-2-1-3-9-31)44-40(46-41)37-13-7-5-10-34(37)30-14-17-33(18-15-30)42-23-27-20-28(24-42)22-29(21-27)25-42/h1-19,27-29H,20-25H2. The highest BCUT2D eigenvalue weighted by Gasteiger charge is 2.51. The largest absolute Gasteiger partial charge is 0.208 e.